The fraction of sp³-hybridized carbons (Fsp3) is 0.174. The molecule has 4 aromatic rings. The van der Waals surface area contributed by atoms with E-state index in [1.807, 2.05) is 59.3 Å². The van der Waals surface area contributed by atoms with E-state index in [0.717, 1.165) is 36.4 Å². The zero-order valence-electron chi connectivity index (χ0n) is 16.0. The van der Waals surface area contributed by atoms with E-state index in [-0.39, 0.29) is 0 Å². The van der Waals surface area contributed by atoms with Gasteiger partial charge in [-0.25, -0.2) is 9.97 Å². The highest BCUT2D eigenvalue weighted by molar-refractivity contribution is 5.65. The van der Waals surface area contributed by atoms with Crippen molar-refractivity contribution in [2.45, 2.75) is 26.0 Å². The molecule has 0 fully saturated rings. The Balaban J connectivity index is 1.28. The first kappa shape index (κ1) is 18.7. The number of hydrogen-bond donors (Lipinski definition) is 0. The van der Waals surface area contributed by atoms with Crippen molar-refractivity contribution in [1.29, 1.82) is 0 Å². The number of oxazole rings is 1. The summed E-state index contributed by atoms with van der Waals surface area (Å²) < 4.78 is 13.2. The van der Waals surface area contributed by atoms with Gasteiger partial charge in [-0.05, 0) is 42.2 Å². The fourth-order valence-electron chi connectivity index (χ4n) is 2.94. The molecule has 6 nitrogen and oxygen atoms in total. The Kier molecular flexibility index (Phi) is 6.12. The molecule has 0 bridgehead atoms. The van der Waals surface area contributed by atoms with Crippen LogP contribution in [0.2, 0.25) is 0 Å². The lowest BCUT2D eigenvalue weighted by Gasteiger charge is -2.07. The number of nitrogens with zero attached hydrogens (tertiary/aromatic N) is 4. The van der Waals surface area contributed by atoms with Crippen molar-refractivity contribution in [3.05, 3.63) is 96.2 Å². The van der Waals surface area contributed by atoms with E-state index in [9.17, 15) is 0 Å². The molecule has 0 spiro atoms. The van der Waals surface area contributed by atoms with Crippen molar-refractivity contribution >= 4 is 12.2 Å². The second kappa shape index (κ2) is 9.50. The van der Waals surface area contributed by atoms with Gasteiger partial charge in [-0.2, -0.15) is 5.10 Å². The lowest BCUT2D eigenvalue weighted by atomic mass is 10.1. The van der Waals surface area contributed by atoms with Gasteiger partial charge in [0.15, 0.2) is 0 Å². The molecule has 6 heteroatoms. The van der Waals surface area contributed by atoms with Crippen LogP contribution < -0.4 is 4.74 Å². The molecule has 0 amide bonds. The summed E-state index contributed by atoms with van der Waals surface area (Å²) in [6.45, 7) is 1.22. The van der Waals surface area contributed by atoms with Crippen molar-refractivity contribution in [2.24, 2.45) is 0 Å². The Labute approximate surface area is 169 Å². The van der Waals surface area contributed by atoms with Gasteiger partial charge in [0.1, 0.15) is 37.0 Å². The van der Waals surface area contributed by atoms with Crippen molar-refractivity contribution < 1.29 is 9.15 Å². The predicted molar refractivity (Wildman–Crippen MR) is 111 cm³/mol. The molecule has 2 heterocycles. The van der Waals surface area contributed by atoms with E-state index < -0.39 is 0 Å². The number of ether oxygens (including phenoxy) is 1. The summed E-state index contributed by atoms with van der Waals surface area (Å²) in [5, 5.41) is 4.12. The zero-order chi connectivity index (χ0) is 19.7. The summed E-state index contributed by atoms with van der Waals surface area (Å²) in [5.74, 6) is 1.39. The van der Waals surface area contributed by atoms with Gasteiger partial charge < -0.3 is 9.15 Å². The Morgan fingerprint density at radius 2 is 1.97 bits per heavy atom. The first-order chi connectivity index (χ1) is 14.3. The number of aromatic nitrogens is 4. The number of rotatable bonds is 9. The lowest BCUT2D eigenvalue weighted by Crippen LogP contribution is -2.00. The maximum atomic E-state index is 5.89. The monoisotopic (exact) mass is 386 g/mol. The molecule has 2 aromatic carbocycles. The molecule has 146 valence electrons. The standard InChI is InChI=1S/C23H22N4O2/c1-2-6-19(7-3-1)11-12-23-26-21(16-29-23)15-28-22-10-4-8-20(14-22)9-5-13-27-18-24-17-25-27/h1-4,6-8,10-12,14,16-18H,5,9,13,15H2. The molecule has 0 aliphatic heterocycles. The Morgan fingerprint density at radius 3 is 2.83 bits per heavy atom. The van der Waals surface area contributed by atoms with E-state index in [0.29, 0.717) is 12.5 Å². The summed E-state index contributed by atoms with van der Waals surface area (Å²) in [6.07, 6.45) is 10.7. The Bertz CT molecular complexity index is 1040. The maximum absolute atomic E-state index is 5.89. The van der Waals surface area contributed by atoms with Crippen LogP contribution >= 0.6 is 0 Å². The number of hydrogen-bond acceptors (Lipinski definition) is 5. The lowest BCUT2D eigenvalue weighted by molar-refractivity contribution is 0.300. The molecule has 4 rings (SSSR count). The van der Waals surface area contributed by atoms with Crippen molar-refractivity contribution in [1.82, 2.24) is 19.7 Å². The summed E-state index contributed by atoms with van der Waals surface area (Å²) >= 11 is 0. The van der Waals surface area contributed by atoms with Gasteiger partial charge in [0.2, 0.25) is 5.89 Å². The van der Waals surface area contributed by atoms with Gasteiger partial charge in [0.05, 0.1) is 0 Å². The SMILES string of the molecule is C(=Cc1nc(COc2cccc(CCCn3cncn3)c2)co1)c1ccccc1. The third-order valence-corrected chi connectivity index (χ3v) is 4.39. The largest absolute Gasteiger partial charge is 0.487 e. The topological polar surface area (TPSA) is 66.0 Å². The first-order valence-electron chi connectivity index (χ1n) is 9.57. The van der Waals surface area contributed by atoms with Crippen LogP contribution in [0, 0.1) is 0 Å². The van der Waals surface area contributed by atoms with Crippen LogP contribution in [0.1, 0.15) is 29.1 Å². The summed E-state index contributed by atoms with van der Waals surface area (Å²) in [4.78, 5) is 8.40. The Hall–Kier alpha value is -3.67. The zero-order valence-corrected chi connectivity index (χ0v) is 16.0. The minimum atomic E-state index is 0.366. The highest BCUT2D eigenvalue weighted by Gasteiger charge is 2.04. The van der Waals surface area contributed by atoms with Crippen LogP contribution in [0.25, 0.3) is 12.2 Å². The summed E-state index contributed by atoms with van der Waals surface area (Å²) in [5.41, 5.74) is 3.09. The molecule has 0 saturated carbocycles. The average Bonchev–Trinajstić information content (AvgIpc) is 3.44. The molecule has 29 heavy (non-hydrogen) atoms. The number of benzene rings is 2. The molecule has 0 aliphatic rings. The average molecular weight is 386 g/mol. The van der Waals surface area contributed by atoms with Crippen LogP contribution in [-0.2, 0) is 19.6 Å². The van der Waals surface area contributed by atoms with Gasteiger partial charge in [0, 0.05) is 12.6 Å². The van der Waals surface area contributed by atoms with E-state index in [1.165, 1.54) is 5.56 Å². The van der Waals surface area contributed by atoms with Crippen LogP contribution in [0.3, 0.4) is 0 Å². The quantitative estimate of drug-likeness (QED) is 0.419. The smallest absolute Gasteiger partial charge is 0.218 e. The predicted octanol–water partition coefficient (Wildman–Crippen LogP) is 4.65. The van der Waals surface area contributed by atoms with Gasteiger partial charge in [0.25, 0.3) is 0 Å². The van der Waals surface area contributed by atoms with Gasteiger partial charge in [-0.3, -0.25) is 4.68 Å². The highest BCUT2D eigenvalue weighted by atomic mass is 16.5. The van der Waals surface area contributed by atoms with Gasteiger partial charge >= 0.3 is 0 Å². The molecular weight excluding hydrogens is 364 g/mol. The molecule has 0 unspecified atom stereocenters. The maximum Gasteiger partial charge on any atom is 0.218 e. The molecule has 2 aromatic heterocycles. The van der Waals surface area contributed by atoms with Crippen molar-refractivity contribution in [2.75, 3.05) is 0 Å². The van der Waals surface area contributed by atoms with E-state index in [2.05, 4.69) is 27.2 Å². The highest BCUT2D eigenvalue weighted by Crippen LogP contribution is 2.17. The second-order valence-corrected chi connectivity index (χ2v) is 6.62. The van der Waals surface area contributed by atoms with Gasteiger partial charge in [-0.15, -0.1) is 0 Å². The van der Waals surface area contributed by atoms with E-state index in [4.69, 9.17) is 9.15 Å². The van der Waals surface area contributed by atoms with E-state index in [1.54, 1.807) is 18.9 Å². The normalized spacial score (nSPS) is 11.2. The molecule has 0 saturated heterocycles. The van der Waals surface area contributed by atoms with Crippen LogP contribution in [-0.4, -0.2) is 19.7 Å². The molecule has 0 N–H and O–H groups in total. The molecule has 0 radical (unpaired) electrons. The first-order valence-corrected chi connectivity index (χ1v) is 9.57. The van der Waals surface area contributed by atoms with Crippen molar-refractivity contribution in [3.63, 3.8) is 0 Å². The second-order valence-electron chi connectivity index (χ2n) is 6.62. The number of aryl methyl sites for hydroxylation is 2. The van der Waals surface area contributed by atoms with Crippen LogP contribution in [0.15, 0.2) is 77.9 Å². The minimum absolute atomic E-state index is 0.366. The Morgan fingerprint density at radius 1 is 1.03 bits per heavy atom. The van der Waals surface area contributed by atoms with Gasteiger partial charge in [-0.1, -0.05) is 42.5 Å². The molecule has 0 aliphatic carbocycles. The summed E-state index contributed by atoms with van der Waals surface area (Å²) in [7, 11) is 0. The molecule has 0 atom stereocenters. The van der Waals surface area contributed by atoms with E-state index >= 15 is 0 Å². The fourth-order valence-corrected chi connectivity index (χ4v) is 2.94. The molecular formula is C23H22N4O2. The summed E-state index contributed by atoms with van der Waals surface area (Å²) in [6, 6.07) is 18.2. The minimum Gasteiger partial charge on any atom is -0.487 e. The van der Waals surface area contributed by atoms with Crippen molar-refractivity contribution in [3.8, 4) is 5.75 Å². The third kappa shape index (κ3) is 5.65. The third-order valence-electron chi connectivity index (χ3n) is 4.39. The van der Waals surface area contributed by atoms with Crippen LogP contribution in [0.4, 0.5) is 0 Å². The van der Waals surface area contributed by atoms with Crippen LogP contribution in [0.5, 0.6) is 5.75 Å².